The smallest absolute Gasteiger partial charge is 0.349 e. The molecule has 2 unspecified atom stereocenters. The van der Waals surface area contributed by atoms with Crippen molar-refractivity contribution in [3.05, 3.63) is 156 Å². The SMILES string of the molecule is C=CC(=O)OCCCCOc1ccc(C(=O)Oc2ccc(/C=C(\C#N)C(=O)O[C@H]3COC4C3OC[C@H]4OC(=O)/C(C#N)=C/c3ccc(OC(=O)c4ccc(OCCCCOC(=O)C=C)cc4)cc3)cc2)cc1. The number of unbranched alkanes of at least 4 members (excludes halogenated alkanes) is 2. The summed E-state index contributed by atoms with van der Waals surface area (Å²) in [6.45, 7) is 7.76. The van der Waals surface area contributed by atoms with Crippen molar-refractivity contribution < 1.29 is 76.1 Å². The van der Waals surface area contributed by atoms with Gasteiger partial charge in [-0.2, -0.15) is 10.5 Å². The van der Waals surface area contributed by atoms with Crippen LogP contribution >= 0.6 is 0 Å². The number of hydrogen-bond acceptors (Lipinski definition) is 18. The molecular formula is C54H48N2O16. The van der Waals surface area contributed by atoms with Crippen molar-refractivity contribution in [2.75, 3.05) is 39.6 Å². The Bertz CT molecular complexity index is 2540. The highest BCUT2D eigenvalue weighted by atomic mass is 16.7. The summed E-state index contributed by atoms with van der Waals surface area (Å²) in [6, 6.07) is 28.6. The first-order valence-corrected chi connectivity index (χ1v) is 22.5. The van der Waals surface area contributed by atoms with Gasteiger partial charge < -0.3 is 47.4 Å². The van der Waals surface area contributed by atoms with Crippen molar-refractivity contribution in [1.29, 1.82) is 10.5 Å². The van der Waals surface area contributed by atoms with Crippen LogP contribution in [-0.2, 0) is 47.6 Å². The van der Waals surface area contributed by atoms with Crippen LogP contribution in [0.2, 0.25) is 0 Å². The minimum absolute atomic E-state index is 0.114. The standard InChI is InChI=1S/C54H48N2O16/c1-3-47(57)65-27-7-5-25-63-41-21-13-37(14-22-41)51(59)69-43-17-9-35(10-18-43)29-39(31-55)53(61)71-45-33-67-50-46(34-68-49(45)50)72-54(62)40(32-56)30-36-11-19-44(20-12-36)70-52(60)38-15-23-42(24-16-38)64-26-6-8-28-66-48(58)4-2/h3-4,9-24,29-30,45-46,49-50H,1-2,5-8,25-28,33-34H2/b39-29+,40-30+/t45-,46+,49?,50?. The Labute approximate surface area is 414 Å². The fraction of sp³-hybridized carbons (Fsp3) is 0.259. The van der Waals surface area contributed by atoms with Gasteiger partial charge in [0.2, 0.25) is 0 Å². The van der Waals surface area contributed by atoms with Gasteiger partial charge in [-0.05, 0) is 122 Å². The molecule has 0 N–H and O–H groups in total. The summed E-state index contributed by atoms with van der Waals surface area (Å²) < 4.78 is 54.9. The molecular weight excluding hydrogens is 933 g/mol. The number of carbonyl (C=O) groups is 6. The molecule has 4 atom stereocenters. The third-order valence-corrected chi connectivity index (χ3v) is 10.6. The fourth-order valence-corrected chi connectivity index (χ4v) is 6.86. The first kappa shape index (κ1) is 52.5. The van der Waals surface area contributed by atoms with Crippen LogP contribution in [0.15, 0.2) is 134 Å². The van der Waals surface area contributed by atoms with Crippen LogP contribution in [0.1, 0.15) is 57.5 Å². The van der Waals surface area contributed by atoms with Crippen molar-refractivity contribution >= 4 is 48.0 Å². The third kappa shape index (κ3) is 15.6. The van der Waals surface area contributed by atoms with E-state index in [1.54, 1.807) is 72.8 Å². The van der Waals surface area contributed by atoms with Crippen LogP contribution in [0.5, 0.6) is 23.0 Å². The molecule has 0 amide bonds. The van der Waals surface area contributed by atoms with Crippen molar-refractivity contribution in [2.45, 2.75) is 50.1 Å². The summed E-state index contributed by atoms with van der Waals surface area (Å²) in [6.07, 6.45) is 3.82. The zero-order chi connectivity index (χ0) is 51.2. The molecule has 18 nitrogen and oxygen atoms in total. The fourth-order valence-electron chi connectivity index (χ4n) is 6.86. The molecule has 2 aliphatic rings. The molecule has 6 rings (SSSR count). The average molecular weight is 981 g/mol. The van der Waals surface area contributed by atoms with E-state index in [0.717, 1.165) is 12.2 Å². The zero-order valence-corrected chi connectivity index (χ0v) is 38.8. The van der Waals surface area contributed by atoms with Gasteiger partial charge in [-0.15, -0.1) is 0 Å². The molecule has 0 saturated carbocycles. The zero-order valence-electron chi connectivity index (χ0n) is 38.8. The van der Waals surface area contributed by atoms with Crippen LogP contribution in [0.3, 0.4) is 0 Å². The second kappa shape index (κ2) is 26.8. The Hall–Kier alpha value is -8.84. The molecule has 2 heterocycles. The van der Waals surface area contributed by atoms with E-state index in [4.69, 9.17) is 47.4 Å². The second-order valence-electron chi connectivity index (χ2n) is 15.6. The van der Waals surface area contributed by atoms with Gasteiger partial charge in [0, 0.05) is 12.2 Å². The molecule has 0 aromatic heterocycles. The summed E-state index contributed by atoms with van der Waals surface area (Å²) in [4.78, 5) is 74.0. The van der Waals surface area contributed by atoms with Crippen LogP contribution < -0.4 is 18.9 Å². The number of carbonyl (C=O) groups excluding carboxylic acids is 6. The largest absolute Gasteiger partial charge is 0.494 e. The van der Waals surface area contributed by atoms with E-state index in [1.165, 1.54) is 36.4 Å². The third-order valence-electron chi connectivity index (χ3n) is 10.6. The summed E-state index contributed by atoms with van der Waals surface area (Å²) in [5.41, 5.74) is 0.780. The van der Waals surface area contributed by atoms with Gasteiger partial charge in [0.25, 0.3) is 0 Å². The van der Waals surface area contributed by atoms with E-state index in [1.807, 2.05) is 12.1 Å². The Morgan fingerprint density at radius 2 is 0.861 bits per heavy atom. The monoisotopic (exact) mass is 980 g/mol. The predicted octanol–water partition coefficient (Wildman–Crippen LogP) is 7.04. The Balaban J connectivity index is 0.922. The second-order valence-corrected chi connectivity index (χ2v) is 15.6. The van der Waals surface area contributed by atoms with Gasteiger partial charge in [0.1, 0.15) is 58.5 Å². The minimum Gasteiger partial charge on any atom is -0.494 e. The van der Waals surface area contributed by atoms with E-state index in [-0.39, 0.29) is 60.2 Å². The highest BCUT2D eigenvalue weighted by Gasteiger charge is 2.51. The summed E-state index contributed by atoms with van der Waals surface area (Å²) >= 11 is 0. The van der Waals surface area contributed by atoms with Gasteiger partial charge in [-0.1, -0.05) is 37.4 Å². The maximum absolute atomic E-state index is 13.1. The number of hydrogen-bond donors (Lipinski definition) is 0. The molecule has 4 aromatic carbocycles. The number of rotatable bonds is 24. The van der Waals surface area contributed by atoms with Gasteiger partial charge in [0.15, 0.2) is 12.2 Å². The highest BCUT2D eigenvalue weighted by Crippen LogP contribution is 2.32. The molecule has 0 spiro atoms. The highest BCUT2D eigenvalue weighted by molar-refractivity contribution is 5.99. The summed E-state index contributed by atoms with van der Waals surface area (Å²) in [5, 5.41) is 19.6. The average Bonchev–Trinajstić information content (AvgIpc) is 4.00. The van der Waals surface area contributed by atoms with Crippen molar-refractivity contribution in [3.8, 4) is 35.1 Å². The van der Waals surface area contributed by atoms with Crippen LogP contribution in [-0.4, -0.2) is 99.9 Å². The van der Waals surface area contributed by atoms with E-state index in [0.29, 0.717) is 61.5 Å². The quantitative estimate of drug-likeness (QED) is 0.0171. The van der Waals surface area contributed by atoms with E-state index in [2.05, 4.69) is 13.2 Å². The number of nitrogens with zero attached hydrogens (tertiary/aromatic N) is 2. The molecule has 370 valence electrons. The van der Waals surface area contributed by atoms with E-state index >= 15 is 0 Å². The minimum atomic E-state index is -0.946. The Kier molecular flexibility index (Phi) is 19.5. The Morgan fingerprint density at radius 3 is 1.21 bits per heavy atom. The van der Waals surface area contributed by atoms with E-state index in [9.17, 15) is 39.3 Å². The lowest BCUT2D eigenvalue weighted by Crippen LogP contribution is -2.36. The molecule has 0 aliphatic carbocycles. The van der Waals surface area contributed by atoms with Crippen molar-refractivity contribution in [1.82, 2.24) is 0 Å². The lowest BCUT2D eigenvalue weighted by atomic mass is 10.1. The molecule has 0 bridgehead atoms. The lowest BCUT2D eigenvalue weighted by molar-refractivity contribution is -0.150. The topological polar surface area (TPSA) is 242 Å². The maximum Gasteiger partial charge on any atom is 0.349 e. The summed E-state index contributed by atoms with van der Waals surface area (Å²) in [7, 11) is 0. The molecule has 4 aromatic rings. The first-order chi connectivity index (χ1) is 35.0. The Morgan fingerprint density at radius 1 is 0.514 bits per heavy atom. The normalized spacial score (nSPS) is 16.9. The van der Waals surface area contributed by atoms with E-state index < -0.39 is 60.2 Å². The van der Waals surface area contributed by atoms with Crippen LogP contribution in [0, 0.1) is 22.7 Å². The van der Waals surface area contributed by atoms with Crippen molar-refractivity contribution in [2.24, 2.45) is 0 Å². The molecule has 18 heteroatoms. The number of benzene rings is 4. The van der Waals surface area contributed by atoms with Crippen LogP contribution in [0.4, 0.5) is 0 Å². The maximum atomic E-state index is 13.1. The van der Waals surface area contributed by atoms with Gasteiger partial charge in [-0.25, -0.2) is 28.8 Å². The molecule has 2 aliphatic heterocycles. The van der Waals surface area contributed by atoms with Gasteiger partial charge in [-0.3, -0.25) is 0 Å². The first-order valence-electron chi connectivity index (χ1n) is 22.5. The van der Waals surface area contributed by atoms with Gasteiger partial charge >= 0.3 is 35.8 Å². The summed E-state index contributed by atoms with van der Waals surface area (Å²) in [5.74, 6) is -2.55. The van der Waals surface area contributed by atoms with Crippen molar-refractivity contribution in [3.63, 3.8) is 0 Å². The number of nitriles is 2. The molecule has 2 fully saturated rings. The molecule has 72 heavy (non-hydrogen) atoms. The lowest BCUT2D eigenvalue weighted by Gasteiger charge is -2.17. The number of esters is 6. The molecule has 2 saturated heterocycles. The predicted molar refractivity (Wildman–Crippen MR) is 254 cm³/mol. The van der Waals surface area contributed by atoms with Gasteiger partial charge in [0.05, 0.1) is 50.8 Å². The molecule has 0 radical (unpaired) electrons. The number of fused-ring (bicyclic) bond motifs is 1. The number of ether oxygens (including phenoxy) is 10. The van der Waals surface area contributed by atoms with Crippen LogP contribution in [0.25, 0.3) is 12.2 Å².